The first-order chi connectivity index (χ1) is 8.34. The number of nitrogens with zero attached hydrogens (tertiary/aromatic N) is 1. The number of thiazole rings is 1. The number of hydrogen-bond acceptors (Lipinski definition) is 4. The van der Waals surface area contributed by atoms with Crippen LogP contribution in [0.5, 0.6) is 0 Å². The lowest BCUT2D eigenvalue weighted by Crippen LogP contribution is -2.27. The van der Waals surface area contributed by atoms with Crippen LogP contribution in [0, 0.1) is 5.92 Å². The lowest BCUT2D eigenvalue weighted by Gasteiger charge is -2.22. The normalized spacial score (nSPS) is 17.5. The molecule has 1 fully saturated rings. The van der Waals surface area contributed by atoms with Crippen molar-refractivity contribution in [3.8, 4) is 0 Å². The molecule has 1 aliphatic heterocycles. The van der Waals surface area contributed by atoms with Gasteiger partial charge in [0.15, 0.2) is 4.47 Å². The zero-order valence-electron chi connectivity index (χ0n) is 9.95. The van der Waals surface area contributed by atoms with Crippen LogP contribution in [-0.4, -0.2) is 24.7 Å². The minimum Gasteiger partial charge on any atom is -0.376 e. The third-order valence-electron chi connectivity index (χ3n) is 3.13. The van der Waals surface area contributed by atoms with E-state index in [1.165, 1.54) is 43.7 Å². The summed E-state index contributed by atoms with van der Waals surface area (Å²) >= 11 is 7.24. The summed E-state index contributed by atoms with van der Waals surface area (Å²) in [5, 5.41) is 3.39. The molecule has 1 saturated heterocycles. The van der Waals surface area contributed by atoms with Gasteiger partial charge in [-0.3, -0.25) is 0 Å². The number of ether oxygens (including phenoxy) is 1. The third kappa shape index (κ3) is 4.92. The second kappa shape index (κ2) is 7.31. The molecule has 2 heterocycles. The van der Waals surface area contributed by atoms with Gasteiger partial charge in [-0.15, -0.1) is 11.3 Å². The average Bonchev–Trinajstić information content (AvgIpc) is 2.76. The van der Waals surface area contributed by atoms with Crippen molar-refractivity contribution in [1.82, 2.24) is 10.3 Å². The highest BCUT2D eigenvalue weighted by molar-refractivity contribution is 7.15. The molecule has 0 aliphatic carbocycles. The molecule has 2 rings (SSSR count). The molecule has 1 aliphatic rings. The van der Waals surface area contributed by atoms with E-state index >= 15 is 0 Å². The molecular formula is C12H19ClN2OS. The van der Waals surface area contributed by atoms with Crippen molar-refractivity contribution < 1.29 is 4.74 Å². The molecule has 0 saturated carbocycles. The van der Waals surface area contributed by atoms with E-state index in [2.05, 4.69) is 10.3 Å². The number of hydrogen-bond donors (Lipinski definition) is 1. The predicted octanol–water partition coefficient (Wildman–Crippen LogP) is 3.09. The summed E-state index contributed by atoms with van der Waals surface area (Å²) in [5.41, 5.74) is 0. The summed E-state index contributed by atoms with van der Waals surface area (Å²) in [6, 6.07) is 0. The van der Waals surface area contributed by atoms with E-state index in [9.17, 15) is 0 Å². The second-order valence-corrected chi connectivity index (χ2v) is 6.17. The molecular weight excluding hydrogens is 256 g/mol. The Kier molecular flexibility index (Phi) is 5.71. The molecule has 0 spiro atoms. The summed E-state index contributed by atoms with van der Waals surface area (Å²) in [5.74, 6) is 0.901. The zero-order chi connectivity index (χ0) is 11.9. The highest BCUT2D eigenvalue weighted by Crippen LogP contribution is 2.19. The fourth-order valence-electron chi connectivity index (χ4n) is 2.17. The minimum atomic E-state index is 0.596. The van der Waals surface area contributed by atoms with Crippen molar-refractivity contribution in [1.29, 1.82) is 0 Å². The van der Waals surface area contributed by atoms with E-state index in [-0.39, 0.29) is 0 Å². The summed E-state index contributed by atoms with van der Waals surface area (Å²) in [7, 11) is 0. The van der Waals surface area contributed by atoms with Gasteiger partial charge >= 0.3 is 0 Å². The van der Waals surface area contributed by atoms with Crippen LogP contribution in [0.2, 0.25) is 4.47 Å². The van der Waals surface area contributed by atoms with Crippen molar-refractivity contribution in [2.75, 3.05) is 19.7 Å². The van der Waals surface area contributed by atoms with Gasteiger partial charge < -0.3 is 10.1 Å². The summed E-state index contributed by atoms with van der Waals surface area (Å²) in [6.07, 6.45) is 6.90. The Morgan fingerprint density at radius 2 is 2.29 bits per heavy atom. The van der Waals surface area contributed by atoms with Gasteiger partial charge in [0, 0.05) is 12.8 Å². The Balaban J connectivity index is 1.51. The summed E-state index contributed by atoms with van der Waals surface area (Å²) < 4.78 is 6.22. The molecule has 1 aromatic rings. The van der Waals surface area contributed by atoms with Gasteiger partial charge in [-0.25, -0.2) is 4.98 Å². The molecule has 5 heteroatoms. The molecule has 3 nitrogen and oxygen atoms in total. The Bertz CT molecular complexity index is 326. The van der Waals surface area contributed by atoms with Crippen LogP contribution in [0.3, 0.4) is 0 Å². The number of halogens is 1. The van der Waals surface area contributed by atoms with Gasteiger partial charge in [0.25, 0.3) is 0 Å². The SMILES string of the molecule is Clc1ncc(COCCCC2CCNCC2)s1. The lowest BCUT2D eigenvalue weighted by molar-refractivity contribution is 0.114. The van der Waals surface area contributed by atoms with E-state index in [1.54, 1.807) is 6.20 Å². The monoisotopic (exact) mass is 274 g/mol. The first-order valence-electron chi connectivity index (χ1n) is 6.23. The number of rotatable bonds is 6. The maximum absolute atomic E-state index is 5.75. The topological polar surface area (TPSA) is 34.1 Å². The molecule has 0 aromatic carbocycles. The molecule has 17 heavy (non-hydrogen) atoms. The van der Waals surface area contributed by atoms with Crippen molar-refractivity contribution in [3.05, 3.63) is 15.5 Å². The van der Waals surface area contributed by atoms with Gasteiger partial charge in [0.2, 0.25) is 0 Å². The van der Waals surface area contributed by atoms with Crippen molar-refractivity contribution in [2.24, 2.45) is 5.92 Å². The quantitative estimate of drug-likeness (QED) is 0.810. The zero-order valence-corrected chi connectivity index (χ0v) is 11.5. The van der Waals surface area contributed by atoms with Crippen molar-refractivity contribution >= 4 is 22.9 Å². The fraction of sp³-hybridized carbons (Fsp3) is 0.750. The lowest BCUT2D eigenvalue weighted by atomic mass is 9.93. The molecule has 0 amide bonds. The molecule has 0 bridgehead atoms. The van der Waals surface area contributed by atoms with Crippen LogP contribution in [0.15, 0.2) is 6.20 Å². The Morgan fingerprint density at radius 1 is 1.47 bits per heavy atom. The Labute approximate surface area is 112 Å². The van der Waals surface area contributed by atoms with E-state index in [1.807, 2.05) is 0 Å². The molecule has 96 valence electrons. The van der Waals surface area contributed by atoms with Crippen molar-refractivity contribution in [2.45, 2.75) is 32.3 Å². The van der Waals surface area contributed by atoms with E-state index < -0.39 is 0 Å². The van der Waals surface area contributed by atoms with Crippen LogP contribution in [0.4, 0.5) is 0 Å². The van der Waals surface area contributed by atoms with Crippen LogP contribution >= 0.6 is 22.9 Å². The highest BCUT2D eigenvalue weighted by atomic mass is 35.5. The van der Waals surface area contributed by atoms with E-state index in [0.717, 1.165) is 23.8 Å². The van der Waals surface area contributed by atoms with Gasteiger partial charge in [-0.1, -0.05) is 11.6 Å². The fourth-order valence-corrected chi connectivity index (χ4v) is 3.08. The maximum Gasteiger partial charge on any atom is 0.183 e. The van der Waals surface area contributed by atoms with E-state index in [0.29, 0.717) is 11.1 Å². The first kappa shape index (κ1) is 13.3. The van der Waals surface area contributed by atoms with E-state index in [4.69, 9.17) is 16.3 Å². The predicted molar refractivity (Wildman–Crippen MR) is 71.6 cm³/mol. The van der Waals surface area contributed by atoms with Crippen LogP contribution < -0.4 is 5.32 Å². The molecule has 1 aromatic heterocycles. The minimum absolute atomic E-state index is 0.596. The van der Waals surface area contributed by atoms with Crippen molar-refractivity contribution in [3.63, 3.8) is 0 Å². The molecule has 0 atom stereocenters. The number of nitrogens with one attached hydrogen (secondary N) is 1. The average molecular weight is 275 g/mol. The number of piperidine rings is 1. The second-order valence-electron chi connectivity index (χ2n) is 4.47. The maximum atomic E-state index is 5.75. The Morgan fingerprint density at radius 3 is 3.00 bits per heavy atom. The largest absolute Gasteiger partial charge is 0.376 e. The standard InChI is InChI=1S/C12H19ClN2OS/c13-12-15-8-11(17-12)9-16-7-1-2-10-3-5-14-6-4-10/h8,10,14H,1-7,9H2. The van der Waals surface area contributed by atoms with Gasteiger partial charge in [-0.05, 0) is 44.7 Å². The van der Waals surface area contributed by atoms with Gasteiger partial charge in [0.05, 0.1) is 11.5 Å². The number of aromatic nitrogens is 1. The summed E-state index contributed by atoms with van der Waals surface area (Å²) in [4.78, 5) is 5.09. The molecule has 0 unspecified atom stereocenters. The molecule has 1 N–H and O–H groups in total. The highest BCUT2D eigenvalue weighted by Gasteiger charge is 2.12. The van der Waals surface area contributed by atoms with Gasteiger partial charge in [0.1, 0.15) is 0 Å². The third-order valence-corrected chi connectivity index (χ3v) is 4.22. The Hall–Kier alpha value is -0.160. The van der Waals surface area contributed by atoms with Crippen LogP contribution in [-0.2, 0) is 11.3 Å². The molecule has 0 radical (unpaired) electrons. The first-order valence-corrected chi connectivity index (χ1v) is 7.42. The van der Waals surface area contributed by atoms with Crippen LogP contribution in [0.25, 0.3) is 0 Å². The van der Waals surface area contributed by atoms with Crippen LogP contribution in [0.1, 0.15) is 30.6 Å². The van der Waals surface area contributed by atoms with Gasteiger partial charge in [-0.2, -0.15) is 0 Å². The summed E-state index contributed by atoms with van der Waals surface area (Å²) in [6.45, 7) is 3.87. The smallest absolute Gasteiger partial charge is 0.183 e.